The summed E-state index contributed by atoms with van der Waals surface area (Å²) in [4.78, 5) is 20.5. The maximum Gasteiger partial charge on any atom is 0.257 e. The number of nitrogens with one attached hydrogen (secondary N) is 1. The van der Waals surface area contributed by atoms with Gasteiger partial charge in [0.05, 0.1) is 10.2 Å². The molecule has 0 bridgehead atoms. The third kappa shape index (κ3) is 2.99. The molecule has 5 heteroatoms. The fourth-order valence-electron chi connectivity index (χ4n) is 2.21. The Bertz CT molecular complexity index is 798. The normalized spacial score (nSPS) is 12.3. The smallest absolute Gasteiger partial charge is 0.257 e. The first-order valence-corrected chi connectivity index (χ1v) is 8.11. The number of carbonyl (C=O) groups excluding carboxylic acids is 1. The van der Waals surface area contributed by atoms with E-state index in [0.29, 0.717) is 16.6 Å². The minimum Gasteiger partial charge on any atom is -0.298 e. The number of thiazole rings is 1. The summed E-state index contributed by atoms with van der Waals surface area (Å²) < 4.78 is 1.10. The van der Waals surface area contributed by atoms with Gasteiger partial charge in [0.2, 0.25) is 0 Å². The predicted octanol–water partition coefficient (Wildman–Crippen LogP) is 4.46. The highest BCUT2D eigenvalue weighted by atomic mass is 32.1. The van der Waals surface area contributed by atoms with E-state index in [9.17, 15) is 4.79 Å². The molecule has 0 saturated heterocycles. The van der Waals surface area contributed by atoms with Crippen LogP contribution in [0.5, 0.6) is 0 Å². The van der Waals surface area contributed by atoms with Gasteiger partial charge in [0.15, 0.2) is 5.13 Å². The van der Waals surface area contributed by atoms with E-state index < -0.39 is 0 Å². The van der Waals surface area contributed by atoms with E-state index in [-0.39, 0.29) is 5.91 Å². The minimum absolute atomic E-state index is 0.163. The lowest BCUT2D eigenvalue weighted by molar-refractivity contribution is 0.102. The summed E-state index contributed by atoms with van der Waals surface area (Å²) in [6.45, 7) is 4.40. The Labute approximate surface area is 133 Å². The van der Waals surface area contributed by atoms with E-state index in [1.54, 1.807) is 24.5 Å². The summed E-state index contributed by atoms with van der Waals surface area (Å²) >= 11 is 1.50. The average Bonchev–Trinajstić information content (AvgIpc) is 2.96. The number of carbonyl (C=O) groups is 1. The second-order valence-electron chi connectivity index (χ2n) is 5.25. The Hall–Kier alpha value is -2.27. The Morgan fingerprint density at radius 3 is 2.77 bits per heavy atom. The van der Waals surface area contributed by atoms with Crippen LogP contribution in [-0.2, 0) is 0 Å². The van der Waals surface area contributed by atoms with Crippen LogP contribution in [0.4, 0.5) is 5.13 Å². The van der Waals surface area contributed by atoms with Crippen molar-refractivity contribution >= 4 is 32.6 Å². The van der Waals surface area contributed by atoms with Crippen LogP contribution in [0.15, 0.2) is 42.7 Å². The summed E-state index contributed by atoms with van der Waals surface area (Å²) in [6.07, 6.45) is 4.31. The number of rotatable bonds is 4. The van der Waals surface area contributed by atoms with Crippen LogP contribution in [0.25, 0.3) is 10.2 Å². The van der Waals surface area contributed by atoms with Crippen LogP contribution in [-0.4, -0.2) is 15.9 Å². The molecule has 22 heavy (non-hydrogen) atoms. The van der Waals surface area contributed by atoms with E-state index in [1.165, 1.54) is 16.9 Å². The maximum atomic E-state index is 12.1. The van der Waals surface area contributed by atoms with Crippen molar-refractivity contribution < 1.29 is 4.79 Å². The molecule has 1 unspecified atom stereocenters. The molecule has 1 atom stereocenters. The molecule has 1 N–H and O–H groups in total. The van der Waals surface area contributed by atoms with Gasteiger partial charge < -0.3 is 0 Å². The van der Waals surface area contributed by atoms with Gasteiger partial charge in [-0.15, -0.1) is 0 Å². The Morgan fingerprint density at radius 2 is 2.05 bits per heavy atom. The van der Waals surface area contributed by atoms with Crippen LogP contribution in [0.1, 0.15) is 42.1 Å². The fourth-order valence-corrected chi connectivity index (χ4v) is 3.12. The zero-order chi connectivity index (χ0) is 15.5. The maximum absolute atomic E-state index is 12.1. The lowest BCUT2D eigenvalue weighted by Gasteiger charge is -2.07. The number of fused-ring (bicyclic) bond motifs is 1. The summed E-state index contributed by atoms with van der Waals surface area (Å²) in [5.74, 6) is 0.366. The molecular formula is C17H17N3OS. The van der Waals surface area contributed by atoms with Crippen LogP contribution < -0.4 is 5.32 Å². The third-order valence-corrected chi connectivity index (χ3v) is 4.69. The molecule has 1 aromatic carbocycles. The van der Waals surface area contributed by atoms with E-state index in [1.807, 2.05) is 6.07 Å². The summed E-state index contributed by atoms with van der Waals surface area (Å²) in [7, 11) is 0. The minimum atomic E-state index is -0.163. The molecule has 0 aliphatic rings. The Balaban J connectivity index is 1.84. The molecule has 0 saturated carbocycles. The van der Waals surface area contributed by atoms with Gasteiger partial charge in [0.25, 0.3) is 5.91 Å². The molecule has 0 aliphatic carbocycles. The number of nitrogens with zero attached hydrogens (tertiary/aromatic N) is 2. The van der Waals surface area contributed by atoms with E-state index in [2.05, 4.69) is 41.3 Å². The Kier molecular flexibility index (Phi) is 4.15. The summed E-state index contributed by atoms with van der Waals surface area (Å²) in [6, 6.07) is 9.68. The number of hydrogen-bond donors (Lipinski definition) is 1. The number of aromatic nitrogens is 2. The number of anilines is 1. The molecule has 4 nitrogen and oxygen atoms in total. The number of benzene rings is 1. The van der Waals surface area contributed by atoms with E-state index in [0.717, 1.165) is 16.6 Å². The monoisotopic (exact) mass is 311 g/mol. The van der Waals surface area contributed by atoms with Gasteiger partial charge in [-0.25, -0.2) is 4.98 Å². The lowest BCUT2D eigenvalue weighted by atomic mass is 9.99. The van der Waals surface area contributed by atoms with Gasteiger partial charge in [-0.3, -0.25) is 15.1 Å². The van der Waals surface area contributed by atoms with Crippen molar-refractivity contribution in [3.8, 4) is 0 Å². The molecule has 3 aromatic rings. The van der Waals surface area contributed by atoms with Crippen LogP contribution in [0.2, 0.25) is 0 Å². The summed E-state index contributed by atoms with van der Waals surface area (Å²) in [5, 5.41) is 3.47. The van der Waals surface area contributed by atoms with Gasteiger partial charge in [0.1, 0.15) is 0 Å². The number of amides is 1. The molecular weight excluding hydrogens is 294 g/mol. The third-order valence-electron chi connectivity index (χ3n) is 3.76. The quantitative estimate of drug-likeness (QED) is 0.774. The van der Waals surface area contributed by atoms with Crippen LogP contribution in [0, 0.1) is 0 Å². The molecule has 1 amide bonds. The molecule has 2 aromatic heterocycles. The first-order chi connectivity index (χ1) is 10.7. The van der Waals surface area contributed by atoms with Gasteiger partial charge in [-0.2, -0.15) is 0 Å². The van der Waals surface area contributed by atoms with Crippen LogP contribution in [0.3, 0.4) is 0 Å². The van der Waals surface area contributed by atoms with Crippen molar-refractivity contribution in [2.75, 3.05) is 5.32 Å². The first kappa shape index (κ1) is 14.7. The molecule has 0 fully saturated rings. The largest absolute Gasteiger partial charge is 0.298 e. The van der Waals surface area contributed by atoms with E-state index >= 15 is 0 Å². The second kappa shape index (κ2) is 6.23. The molecule has 3 rings (SSSR count). The highest BCUT2D eigenvalue weighted by Gasteiger charge is 2.11. The van der Waals surface area contributed by atoms with Gasteiger partial charge in [-0.05, 0) is 42.2 Å². The molecule has 2 heterocycles. The first-order valence-electron chi connectivity index (χ1n) is 7.29. The van der Waals surface area contributed by atoms with Crippen molar-refractivity contribution in [2.45, 2.75) is 26.2 Å². The van der Waals surface area contributed by atoms with Gasteiger partial charge >= 0.3 is 0 Å². The van der Waals surface area contributed by atoms with Crippen molar-refractivity contribution in [3.05, 3.63) is 53.9 Å². The highest BCUT2D eigenvalue weighted by Crippen LogP contribution is 2.30. The number of hydrogen-bond acceptors (Lipinski definition) is 4. The van der Waals surface area contributed by atoms with Crippen molar-refractivity contribution in [2.24, 2.45) is 0 Å². The highest BCUT2D eigenvalue weighted by molar-refractivity contribution is 7.22. The fraction of sp³-hybridized carbons (Fsp3) is 0.235. The Morgan fingerprint density at radius 1 is 1.27 bits per heavy atom. The SMILES string of the molecule is CCC(C)c1ccc2nc(NC(=O)c3ccncc3)sc2c1. The van der Waals surface area contributed by atoms with E-state index in [4.69, 9.17) is 0 Å². The molecule has 0 aliphatic heterocycles. The topological polar surface area (TPSA) is 54.9 Å². The van der Waals surface area contributed by atoms with Crippen molar-refractivity contribution in [1.82, 2.24) is 9.97 Å². The molecule has 112 valence electrons. The van der Waals surface area contributed by atoms with Crippen LogP contribution >= 0.6 is 11.3 Å². The average molecular weight is 311 g/mol. The number of pyridine rings is 1. The molecule has 0 radical (unpaired) electrons. The predicted molar refractivity (Wildman–Crippen MR) is 90.5 cm³/mol. The zero-order valence-corrected chi connectivity index (χ0v) is 13.4. The van der Waals surface area contributed by atoms with Crippen molar-refractivity contribution in [3.63, 3.8) is 0 Å². The standard InChI is InChI=1S/C17H17N3OS/c1-3-11(2)13-4-5-14-15(10-13)22-17(19-14)20-16(21)12-6-8-18-9-7-12/h4-11H,3H2,1-2H3,(H,19,20,21). The zero-order valence-electron chi connectivity index (χ0n) is 12.5. The lowest BCUT2D eigenvalue weighted by Crippen LogP contribution is -2.11. The van der Waals surface area contributed by atoms with Crippen molar-refractivity contribution in [1.29, 1.82) is 0 Å². The summed E-state index contributed by atoms with van der Waals surface area (Å²) in [5.41, 5.74) is 2.81. The molecule has 0 spiro atoms. The second-order valence-corrected chi connectivity index (χ2v) is 6.28. The van der Waals surface area contributed by atoms with Gasteiger partial charge in [-0.1, -0.05) is 31.3 Å². The van der Waals surface area contributed by atoms with Gasteiger partial charge in [0, 0.05) is 18.0 Å².